The number of nitrogens with one attached hydrogen (secondary N) is 2. The average Bonchev–Trinajstić information content (AvgIpc) is 2.26. The summed E-state index contributed by atoms with van der Waals surface area (Å²) in [5, 5.41) is 15.8. The largest absolute Gasteiger partial charge is 0.391 e. The van der Waals surface area contributed by atoms with Crippen LogP contribution in [0.15, 0.2) is 18.5 Å². The van der Waals surface area contributed by atoms with Gasteiger partial charge in [0.15, 0.2) is 0 Å². The molecule has 0 aliphatic rings. The van der Waals surface area contributed by atoms with Crippen LogP contribution in [0.3, 0.4) is 0 Å². The normalized spacial score (nSPS) is 12.6. The van der Waals surface area contributed by atoms with Gasteiger partial charge in [-0.25, -0.2) is 0 Å². The Morgan fingerprint density at radius 3 is 2.60 bits per heavy atom. The maximum absolute atomic E-state index is 9.62. The number of aliphatic hydroxyl groups is 1. The van der Waals surface area contributed by atoms with Crippen LogP contribution in [-0.4, -0.2) is 29.8 Å². The monoisotopic (exact) mass is 209 g/mol. The fourth-order valence-corrected chi connectivity index (χ4v) is 1.13. The third-order valence-electron chi connectivity index (χ3n) is 2.31. The second-order valence-electron chi connectivity index (χ2n) is 3.90. The molecule has 0 spiro atoms. The maximum atomic E-state index is 9.62. The Hall–Kier alpha value is -1.29. The van der Waals surface area contributed by atoms with Gasteiger partial charge in [0, 0.05) is 13.6 Å². The van der Waals surface area contributed by atoms with Crippen molar-refractivity contribution in [2.45, 2.75) is 20.0 Å². The van der Waals surface area contributed by atoms with Crippen LogP contribution in [-0.2, 0) is 0 Å². The molecule has 0 amide bonds. The van der Waals surface area contributed by atoms with E-state index in [-0.39, 0.29) is 12.0 Å². The molecule has 84 valence electrons. The fraction of sp³-hybridized carbons (Fsp3) is 0.545. The topological polar surface area (TPSA) is 57.2 Å². The number of rotatable bonds is 5. The van der Waals surface area contributed by atoms with Gasteiger partial charge >= 0.3 is 0 Å². The van der Waals surface area contributed by atoms with Crippen LogP contribution < -0.4 is 10.6 Å². The lowest BCUT2D eigenvalue weighted by atomic mass is 10.1. The van der Waals surface area contributed by atoms with Crippen LogP contribution in [0, 0.1) is 5.92 Å². The molecule has 1 heterocycles. The first-order valence-corrected chi connectivity index (χ1v) is 5.18. The number of pyridine rings is 1. The molecule has 1 unspecified atom stereocenters. The summed E-state index contributed by atoms with van der Waals surface area (Å²) in [6.45, 7) is 4.54. The number of hydrogen-bond acceptors (Lipinski definition) is 4. The second-order valence-corrected chi connectivity index (χ2v) is 3.90. The highest BCUT2D eigenvalue weighted by molar-refractivity contribution is 5.53. The van der Waals surface area contributed by atoms with Gasteiger partial charge in [-0.15, -0.1) is 0 Å². The van der Waals surface area contributed by atoms with Crippen LogP contribution >= 0.6 is 0 Å². The summed E-state index contributed by atoms with van der Waals surface area (Å²) in [5.74, 6) is 0.262. The molecule has 0 bridgehead atoms. The first kappa shape index (κ1) is 11.8. The van der Waals surface area contributed by atoms with Crippen molar-refractivity contribution < 1.29 is 5.11 Å². The van der Waals surface area contributed by atoms with Crippen molar-refractivity contribution in [3.63, 3.8) is 0 Å². The molecule has 1 rings (SSSR count). The molecule has 1 atom stereocenters. The Labute approximate surface area is 90.7 Å². The molecule has 0 fully saturated rings. The van der Waals surface area contributed by atoms with E-state index >= 15 is 0 Å². The molecule has 0 saturated carbocycles. The Kier molecular flexibility index (Phi) is 4.37. The van der Waals surface area contributed by atoms with Crippen LogP contribution in [0.2, 0.25) is 0 Å². The predicted octanol–water partition coefficient (Wildman–Crippen LogP) is 1.55. The van der Waals surface area contributed by atoms with Crippen LogP contribution in [0.4, 0.5) is 11.4 Å². The van der Waals surface area contributed by atoms with Crippen molar-refractivity contribution in [1.82, 2.24) is 4.98 Å². The highest BCUT2D eigenvalue weighted by Crippen LogP contribution is 2.12. The first-order valence-electron chi connectivity index (χ1n) is 5.18. The zero-order valence-electron chi connectivity index (χ0n) is 9.49. The zero-order chi connectivity index (χ0) is 11.3. The van der Waals surface area contributed by atoms with E-state index in [2.05, 4.69) is 15.6 Å². The summed E-state index contributed by atoms with van der Waals surface area (Å²) < 4.78 is 0. The minimum absolute atomic E-state index is 0.262. The summed E-state index contributed by atoms with van der Waals surface area (Å²) in [4.78, 5) is 4.07. The van der Waals surface area contributed by atoms with Crippen molar-refractivity contribution in [3.8, 4) is 0 Å². The highest BCUT2D eigenvalue weighted by Gasteiger charge is 2.08. The van der Waals surface area contributed by atoms with Gasteiger partial charge in [0.05, 0.1) is 29.9 Å². The van der Waals surface area contributed by atoms with Crippen molar-refractivity contribution in [2.75, 3.05) is 24.2 Å². The van der Waals surface area contributed by atoms with Gasteiger partial charge in [-0.05, 0) is 12.0 Å². The van der Waals surface area contributed by atoms with Crippen molar-refractivity contribution in [1.29, 1.82) is 0 Å². The molecule has 4 heteroatoms. The molecule has 0 aromatic carbocycles. The van der Waals surface area contributed by atoms with Crippen molar-refractivity contribution in [3.05, 3.63) is 18.5 Å². The summed E-state index contributed by atoms with van der Waals surface area (Å²) in [6, 6.07) is 1.96. The van der Waals surface area contributed by atoms with Gasteiger partial charge in [0.2, 0.25) is 0 Å². The molecule has 15 heavy (non-hydrogen) atoms. The molecule has 0 aliphatic heterocycles. The molecular formula is C11H19N3O. The molecule has 0 radical (unpaired) electrons. The number of nitrogens with zero attached hydrogens (tertiary/aromatic N) is 1. The standard InChI is InChI=1S/C11H19N3O/c1-8(2)11(15)7-14-10-4-9(12-3)5-13-6-10/h4-6,8,11-12,14-15H,7H2,1-3H3. The molecule has 0 aliphatic carbocycles. The highest BCUT2D eigenvalue weighted by atomic mass is 16.3. The van der Waals surface area contributed by atoms with E-state index in [1.807, 2.05) is 27.0 Å². The maximum Gasteiger partial charge on any atom is 0.0735 e. The summed E-state index contributed by atoms with van der Waals surface area (Å²) >= 11 is 0. The average molecular weight is 209 g/mol. The fourth-order valence-electron chi connectivity index (χ4n) is 1.13. The molecule has 4 nitrogen and oxygen atoms in total. The molecule has 0 saturated heterocycles. The lowest BCUT2D eigenvalue weighted by Gasteiger charge is -2.16. The third-order valence-corrected chi connectivity index (χ3v) is 2.31. The Bertz CT molecular complexity index is 302. The Morgan fingerprint density at radius 1 is 1.33 bits per heavy atom. The summed E-state index contributed by atoms with van der Waals surface area (Å²) in [7, 11) is 1.85. The Morgan fingerprint density at radius 2 is 2.00 bits per heavy atom. The van der Waals surface area contributed by atoms with E-state index in [0.717, 1.165) is 11.4 Å². The van der Waals surface area contributed by atoms with Crippen molar-refractivity contribution in [2.24, 2.45) is 5.92 Å². The Balaban J connectivity index is 2.50. The van der Waals surface area contributed by atoms with Gasteiger partial charge in [0.25, 0.3) is 0 Å². The summed E-state index contributed by atoms with van der Waals surface area (Å²) in [6.07, 6.45) is 3.17. The minimum Gasteiger partial charge on any atom is -0.391 e. The number of aliphatic hydroxyl groups excluding tert-OH is 1. The van der Waals surface area contributed by atoms with E-state index in [9.17, 15) is 5.11 Å². The van der Waals surface area contributed by atoms with Crippen molar-refractivity contribution >= 4 is 11.4 Å². The van der Waals surface area contributed by atoms with E-state index in [1.165, 1.54) is 0 Å². The predicted molar refractivity (Wildman–Crippen MR) is 63.1 cm³/mol. The number of anilines is 2. The quantitative estimate of drug-likeness (QED) is 0.688. The number of aromatic nitrogens is 1. The zero-order valence-corrected chi connectivity index (χ0v) is 9.49. The second kappa shape index (κ2) is 5.56. The van der Waals surface area contributed by atoms with Gasteiger partial charge in [-0.1, -0.05) is 13.8 Å². The summed E-state index contributed by atoms with van der Waals surface area (Å²) in [5.41, 5.74) is 1.88. The van der Waals surface area contributed by atoms with Crippen LogP contribution in [0.25, 0.3) is 0 Å². The number of hydrogen-bond donors (Lipinski definition) is 3. The van der Waals surface area contributed by atoms with Crippen LogP contribution in [0.5, 0.6) is 0 Å². The lowest BCUT2D eigenvalue weighted by Crippen LogP contribution is -2.24. The molecular weight excluding hydrogens is 190 g/mol. The molecule has 3 N–H and O–H groups in total. The third kappa shape index (κ3) is 3.75. The van der Waals surface area contributed by atoms with E-state index < -0.39 is 0 Å². The van der Waals surface area contributed by atoms with E-state index in [0.29, 0.717) is 6.54 Å². The van der Waals surface area contributed by atoms with Gasteiger partial charge < -0.3 is 15.7 Å². The lowest BCUT2D eigenvalue weighted by molar-refractivity contribution is 0.138. The van der Waals surface area contributed by atoms with Gasteiger partial charge in [-0.2, -0.15) is 0 Å². The van der Waals surface area contributed by atoms with E-state index in [1.54, 1.807) is 12.4 Å². The van der Waals surface area contributed by atoms with Gasteiger partial charge in [-0.3, -0.25) is 4.98 Å². The van der Waals surface area contributed by atoms with Gasteiger partial charge in [0.1, 0.15) is 0 Å². The minimum atomic E-state index is -0.330. The van der Waals surface area contributed by atoms with Crippen LogP contribution in [0.1, 0.15) is 13.8 Å². The first-order chi connectivity index (χ1) is 7.13. The SMILES string of the molecule is CNc1cncc(NCC(O)C(C)C)c1. The van der Waals surface area contributed by atoms with E-state index in [4.69, 9.17) is 0 Å². The molecule has 1 aromatic heterocycles. The molecule has 1 aromatic rings. The smallest absolute Gasteiger partial charge is 0.0735 e.